The monoisotopic (exact) mass is 348 g/mol. The molecule has 0 saturated carbocycles. The number of pyridine rings is 1. The molecule has 0 N–H and O–H groups in total. The van der Waals surface area contributed by atoms with Gasteiger partial charge in [0.2, 0.25) is 0 Å². The fourth-order valence-corrected chi connectivity index (χ4v) is 2.72. The quantitative estimate of drug-likeness (QED) is 0.768. The SMILES string of the molecule is CC1COC(CBr)CN1c1ccncc1Br. The highest BCUT2D eigenvalue weighted by Gasteiger charge is 2.26. The number of halogens is 2. The van der Waals surface area contributed by atoms with Crippen molar-refractivity contribution in [3.05, 3.63) is 22.9 Å². The van der Waals surface area contributed by atoms with Crippen molar-refractivity contribution in [2.45, 2.75) is 19.1 Å². The molecule has 0 aromatic carbocycles. The molecule has 0 radical (unpaired) electrons. The van der Waals surface area contributed by atoms with Crippen molar-refractivity contribution in [1.82, 2.24) is 4.98 Å². The molecule has 3 nitrogen and oxygen atoms in total. The van der Waals surface area contributed by atoms with E-state index in [0.717, 1.165) is 23.0 Å². The Kier molecular flexibility index (Phi) is 4.21. The van der Waals surface area contributed by atoms with E-state index < -0.39 is 0 Å². The number of morpholine rings is 1. The number of nitrogens with zero attached hydrogens (tertiary/aromatic N) is 2. The molecule has 0 amide bonds. The molecule has 1 aromatic heterocycles. The van der Waals surface area contributed by atoms with Crippen LogP contribution in [0.2, 0.25) is 0 Å². The van der Waals surface area contributed by atoms with Gasteiger partial charge in [0.05, 0.1) is 22.9 Å². The zero-order valence-corrected chi connectivity index (χ0v) is 12.2. The van der Waals surface area contributed by atoms with Gasteiger partial charge in [-0.05, 0) is 28.9 Å². The zero-order valence-electron chi connectivity index (χ0n) is 9.07. The van der Waals surface area contributed by atoms with Gasteiger partial charge in [-0.3, -0.25) is 4.98 Å². The Morgan fingerprint density at radius 1 is 1.62 bits per heavy atom. The first-order chi connectivity index (χ1) is 7.72. The Hall–Kier alpha value is -0.130. The van der Waals surface area contributed by atoms with Gasteiger partial charge in [-0.1, -0.05) is 15.9 Å². The molecule has 1 aromatic rings. The average Bonchev–Trinajstić information content (AvgIpc) is 2.31. The van der Waals surface area contributed by atoms with Gasteiger partial charge in [0.1, 0.15) is 0 Å². The van der Waals surface area contributed by atoms with Gasteiger partial charge in [-0.2, -0.15) is 0 Å². The maximum Gasteiger partial charge on any atom is 0.0847 e. The normalized spacial score (nSPS) is 25.8. The second kappa shape index (κ2) is 5.47. The maximum absolute atomic E-state index is 5.71. The summed E-state index contributed by atoms with van der Waals surface area (Å²) in [6.07, 6.45) is 3.92. The number of anilines is 1. The molecule has 0 spiro atoms. The summed E-state index contributed by atoms with van der Waals surface area (Å²) >= 11 is 7.02. The lowest BCUT2D eigenvalue weighted by molar-refractivity contribution is 0.0379. The summed E-state index contributed by atoms with van der Waals surface area (Å²) in [7, 11) is 0. The summed E-state index contributed by atoms with van der Waals surface area (Å²) < 4.78 is 6.75. The predicted octanol–water partition coefficient (Wildman–Crippen LogP) is 2.83. The van der Waals surface area contributed by atoms with Gasteiger partial charge in [-0.25, -0.2) is 0 Å². The first-order valence-electron chi connectivity index (χ1n) is 5.26. The van der Waals surface area contributed by atoms with Crippen molar-refractivity contribution in [3.63, 3.8) is 0 Å². The summed E-state index contributed by atoms with van der Waals surface area (Å²) in [5.74, 6) is 0. The van der Waals surface area contributed by atoms with Gasteiger partial charge in [0.25, 0.3) is 0 Å². The van der Waals surface area contributed by atoms with Crippen molar-refractivity contribution in [2.24, 2.45) is 0 Å². The van der Waals surface area contributed by atoms with Crippen molar-refractivity contribution in [2.75, 3.05) is 23.4 Å². The third-order valence-corrected chi connectivity index (χ3v) is 4.07. The lowest BCUT2D eigenvalue weighted by Crippen LogP contribution is -2.49. The second-order valence-electron chi connectivity index (χ2n) is 3.94. The van der Waals surface area contributed by atoms with Gasteiger partial charge < -0.3 is 9.64 Å². The Labute approximate surface area is 112 Å². The molecule has 2 heterocycles. The standard InChI is InChI=1S/C11H14Br2N2O/c1-8-7-16-9(4-12)6-15(8)11-2-3-14-5-10(11)13/h2-3,5,8-9H,4,6-7H2,1H3. The molecule has 2 atom stereocenters. The molecule has 2 rings (SSSR count). The molecule has 1 aliphatic rings. The Balaban J connectivity index is 2.21. The lowest BCUT2D eigenvalue weighted by Gasteiger charge is -2.39. The average molecular weight is 350 g/mol. The summed E-state index contributed by atoms with van der Waals surface area (Å²) in [4.78, 5) is 6.45. The Morgan fingerprint density at radius 3 is 3.12 bits per heavy atom. The van der Waals surface area contributed by atoms with E-state index in [-0.39, 0.29) is 6.10 Å². The number of hydrogen-bond donors (Lipinski definition) is 0. The van der Waals surface area contributed by atoms with E-state index in [2.05, 4.69) is 48.7 Å². The van der Waals surface area contributed by atoms with Crippen LogP contribution in [0.4, 0.5) is 5.69 Å². The fraction of sp³-hybridized carbons (Fsp3) is 0.545. The summed E-state index contributed by atoms with van der Waals surface area (Å²) in [5, 5.41) is 0.874. The van der Waals surface area contributed by atoms with Crippen LogP contribution < -0.4 is 4.90 Å². The Morgan fingerprint density at radius 2 is 2.44 bits per heavy atom. The molecule has 0 bridgehead atoms. The number of alkyl halides is 1. The zero-order chi connectivity index (χ0) is 11.5. The molecular weight excluding hydrogens is 336 g/mol. The van der Waals surface area contributed by atoms with Crippen LogP contribution in [0.15, 0.2) is 22.9 Å². The minimum atomic E-state index is 0.260. The van der Waals surface area contributed by atoms with Gasteiger partial charge in [0.15, 0.2) is 0 Å². The van der Waals surface area contributed by atoms with E-state index >= 15 is 0 Å². The van der Waals surface area contributed by atoms with Crippen LogP contribution in [-0.2, 0) is 4.74 Å². The first-order valence-corrected chi connectivity index (χ1v) is 7.17. The number of rotatable bonds is 2. The number of aromatic nitrogens is 1. The smallest absolute Gasteiger partial charge is 0.0847 e. The van der Waals surface area contributed by atoms with E-state index in [1.54, 1.807) is 0 Å². The molecule has 1 fully saturated rings. The van der Waals surface area contributed by atoms with Crippen molar-refractivity contribution in [1.29, 1.82) is 0 Å². The molecule has 0 aliphatic carbocycles. The third-order valence-electron chi connectivity index (χ3n) is 2.74. The third kappa shape index (κ3) is 2.57. The maximum atomic E-state index is 5.71. The molecular formula is C11H14Br2N2O. The highest BCUT2D eigenvalue weighted by Crippen LogP contribution is 2.28. The van der Waals surface area contributed by atoms with Crippen LogP contribution in [0.3, 0.4) is 0 Å². The number of ether oxygens (including phenoxy) is 1. The van der Waals surface area contributed by atoms with Crippen LogP contribution in [0, 0.1) is 0 Å². The van der Waals surface area contributed by atoms with E-state index in [0.29, 0.717) is 6.04 Å². The lowest BCUT2D eigenvalue weighted by atomic mass is 10.2. The molecule has 2 unspecified atom stereocenters. The molecule has 16 heavy (non-hydrogen) atoms. The molecule has 88 valence electrons. The van der Waals surface area contributed by atoms with E-state index in [4.69, 9.17) is 4.74 Å². The highest BCUT2D eigenvalue weighted by atomic mass is 79.9. The fourth-order valence-electron chi connectivity index (χ4n) is 1.85. The summed E-state index contributed by atoms with van der Waals surface area (Å²) in [6, 6.07) is 2.44. The predicted molar refractivity (Wildman–Crippen MR) is 72.3 cm³/mol. The van der Waals surface area contributed by atoms with Gasteiger partial charge in [0, 0.05) is 30.3 Å². The number of hydrogen-bond acceptors (Lipinski definition) is 3. The van der Waals surface area contributed by atoms with Gasteiger partial charge >= 0.3 is 0 Å². The van der Waals surface area contributed by atoms with E-state index in [1.165, 1.54) is 5.69 Å². The van der Waals surface area contributed by atoms with Crippen molar-refractivity contribution >= 4 is 37.5 Å². The van der Waals surface area contributed by atoms with Crippen LogP contribution in [0.5, 0.6) is 0 Å². The molecule has 5 heteroatoms. The first kappa shape index (κ1) is 12.3. The van der Waals surface area contributed by atoms with Crippen LogP contribution in [-0.4, -0.2) is 35.6 Å². The van der Waals surface area contributed by atoms with E-state index in [1.807, 2.05) is 18.5 Å². The summed E-state index contributed by atoms with van der Waals surface area (Å²) in [6.45, 7) is 3.86. The van der Waals surface area contributed by atoms with Gasteiger partial charge in [-0.15, -0.1) is 0 Å². The van der Waals surface area contributed by atoms with Crippen LogP contribution in [0.1, 0.15) is 6.92 Å². The van der Waals surface area contributed by atoms with E-state index in [9.17, 15) is 0 Å². The van der Waals surface area contributed by atoms with Crippen LogP contribution >= 0.6 is 31.9 Å². The van der Waals surface area contributed by atoms with Crippen LogP contribution in [0.25, 0.3) is 0 Å². The molecule has 1 saturated heterocycles. The highest BCUT2D eigenvalue weighted by molar-refractivity contribution is 9.10. The minimum absolute atomic E-state index is 0.260. The van der Waals surface area contributed by atoms with Crippen molar-refractivity contribution < 1.29 is 4.74 Å². The largest absolute Gasteiger partial charge is 0.373 e. The van der Waals surface area contributed by atoms with Crippen molar-refractivity contribution in [3.8, 4) is 0 Å². The molecule has 1 aliphatic heterocycles. The topological polar surface area (TPSA) is 25.4 Å². The second-order valence-corrected chi connectivity index (χ2v) is 5.44. The Bertz CT molecular complexity index is 362. The minimum Gasteiger partial charge on any atom is -0.373 e. The summed E-state index contributed by atoms with van der Waals surface area (Å²) in [5.41, 5.74) is 1.19.